The molecule has 1 unspecified atom stereocenters. The van der Waals surface area contributed by atoms with Gasteiger partial charge in [-0.15, -0.1) is 0 Å². The minimum Gasteiger partial charge on any atom is -0.481 e. The molecule has 0 N–H and O–H groups in total. The summed E-state index contributed by atoms with van der Waals surface area (Å²) in [5.74, 6) is 1.16. The van der Waals surface area contributed by atoms with E-state index < -0.39 is 0 Å². The highest BCUT2D eigenvalue weighted by molar-refractivity contribution is 6.02. The molecule has 0 saturated heterocycles. The fourth-order valence-corrected chi connectivity index (χ4v) is 1.56. The van der Waals surface area contributed by atoms with Crippen LogP contribution in [0.5, 0.6) is 11.8 Å². The van der Waals surface area contributed by atoms with Gasteiger partial charge in [-0.3, -0.25) is 4.79 Å². The fraction of sp³-hybridized carbons (Fsp3) is 0.308. The molecule has 0 radical (unpaired) electrons. The lowest BCUT2D eigenvalue weighted by atomic mass is 9.97. The van der Waals surface area contributed by atoms with Gasteiger partial charge in [0.25, 0.3) is 0 Å². The van der Waals surface area contributed by atoms with Crippen LogP contribution in [0.15, 0.2) is 24.3 Å². The molecule has 5 nitrogen and oxygen atoms in total. The number of ketones is 1. The zero-order valence-electron chi connectivity index (χ0n) is 10.5. The summed E-state index contributed by atoms with van der Waals surface area (Å²) >= 11 is 0. The molecule has 1 aromatic heterocycles. The predicted molar refractivity (Wildman–Crippen MR) is 66.4 cm³/mol. The van der Waals surface area contributed by atoms with Gasteiger partial charge in [0.05, 0.1) is 20.3 Å². The number of allylic oxidation sites excluding steroid dienone is 4. The van der Waals surface area contributed by atoms with Gasteiger partial charge in [-0.25, -0.2) is 0 Å². The highest BCUT2D eigenvalue weighted by Crippen LogP contribution is 2.23. The molecule has 0 aliphatic heterocycles. The Balaban J connectivity index is 2.42. The molecule has 0 spiro atoms. The van der Waals surface area contributed by atoms with E-state index in [0.717, 1.165) is 0 Å². The minimum absolute atomic E-state index is 0.0397. The van der Waals surface area contributed by atoms with Crippen molar-refractivity contribution in [3.8, 4) is 11.8 Å². The van der Waals surface area contributed by atoms with Gasteiger partial charge >= 0.3 is 0 Å². The molecule has 2 rings (SSSR count). The summed E-state index contributed by atoms with van der Waals surface area (Å²) in [6.07, 6.45) is 5.20. The topological polar surface area (TPSA) is 61.3 Å². The van der Waals surface area contributed by atoms with E-state index in [1.165, 1.54) is 14.2 Å². The van der Waals surface area contributed by atoms with Crippen LogP contribution in [0.2, 0.25) is 0 Å². The first-order valence-electron chi connectivity index (χ1n) is 5.55. The summed E-state index contributed by atoms with van der Waals surface area (Å²) in [6.45, 7) is 1.85. The Morgan fingerprint density at radius 3 is 2.28 bits per heavy atom. The molecule has 18 heavy (non-hydrogen) atoms. The molecule has 0 fully saturated rings. The maximum atomic E-state index is 11.6. The summed E-state index contributed by atoms with van der Waals surface area (Å²) in [5, 5.41) is 0. The first kappa shape index (κ1) is 12.3. The smallest absolute Gasteiger partial charge is 0.220 e. The van der Waals surface area contributed by atoms with Crippen molar-refractivity contribution < 1.29 is 14.3 Å². The van der Waals surface area contributed by atoms with Crippen LogP contribution in [0.25, 0.3) is 5.57 Å². The van der Waals surface area contributed by atoms with Crippen LogP contribution in [0, 0.1) is 5.92 Å². The van der Waals surface area contributed by atoms with Crippen molar-refractivity contribution in [2.45, 2.75) is 6.92 Å². The molecule has 0 saturated carbocycles. The van der Waals surface area contributed by atoms with Crippen LogP contribution in [0.3, 0.4) is 0 Å². The van der Waals surface area contributed by atoms with Crippen LogP contribution in [-0.4, -0.2) is 30.0 Å². The molecular formula is C13H14N2O3. The summed E-state index contributed by atoms with van der Waals surface area (Å²) < 4.78 is 10.1. The second kappa shape index (κ2) is 5.00. The van der Waals surface area contributed by atoms with E-state index in [0.29, 0.717) is 23.2 Å². The molecule has 1 aliphatic rings. The van der Waals surface area contributed by atoms with Crippen LogP contribution >= 0.6 is 0 Å². The lowest BCUT2D eigenvalue weighted by Gasteiger charge is -2.11. The van der Waals surface area contributed by atoms with Gasteiger partial charge in [0.15, 0.2) is 11.6 Å². The molecule has 0 amide bonds. The number of carbonyl (C=O) groups excluding carboxylic acids is 1. The molecular weight excluding hydrogens is 232 g/mol. The van der Waals surface area contributed by atoms with E-state index in [-0.39, 0.29) is 11.7 Å². The molecule has 1 aliphatic carbocycles. The van der Waals surface area contributed by atoms with Gasteiger partial charge in [-0.05, 0) is 6.08 Å². The molecule has 5 heteroatoms. The van der Waals surface area contributed by atoms with Crippen molar-refractivity contribution in [1.82, 2.24) is 9.97 Å². The zero-order valence-corrected chi connectivity index (χ0v) is 10.5. The van der Waals surface area contributed by atoms with Crippen LogP contribution in [0.4, 0.5) is 0 Å². The maximum absolute atomic E-state index is 11.6. The van der Waals surface area contributed by atoms with Crippen LogP contribution in [0.1, 0.15) is 12.7 Å². The Labute approximate surface area is 105 Å². The number of ether oxygens (including phenoxy) is 2. The average molecular weight is 246 g/mol. The number of carbonyl (C=O) groups is 1. The lowest BCUT2D eigenvalue weighted by Crippen LogP contribution is -2.10. The highest BCUT2D eigenvalue weighted by Gasteiger charge is 2.16. The lowest BCUT2D eigenvalue weighted by molar-refractivity contribution is -0.116. The average Bonchev–Trinajstić information content (AvgIpc) is 2.41. The number of hydrogen-bond donors (Lipinski definition) is 0. The van der Waals surface area contributed by atoms with E-state index in [4.69, 9.17) is 9.47 Å². The third-order valence-corrected chi connectivity index (χ3v) is 2.67. The quantitative estimate of drug-likeness (QED) is 0.811. The van der Waals surface area contributed by atoms with Gasteiger partial charge in [-0.1, -0.05) is 19.1 Å². The van der Waals surface area contributed by atoms with Gasteiger partial charge in [0, 0.05) is 11.5 Å². The Morgan fingerprint density at radius 1 is 1.17 bits per heavy atom. The summed E-state index contributed by atoms with van der Waals surface area (Å²) in [5.41, 5.74) is 0.662. The number of rotatable bonds is 3. The van der Waals surface area contributed by atoms with Crippen molar-refractivity contribution in [1.29, 1.82) is 0 Å². The van der Waals surface area contributed by atoms with Crippen molar-refractivity contribution >= 4 is 11.4 Å². The first-order chi connectivity index (χ1) is 8.63. The van der Waals surface area contributed by atoms with Gasteiger partial charge in [0.2, 0.25) is 11.8 Å². The zero-order chi connectivity index (χ0) is 13.1. The minimum atomic E-state index is -0.0961. The van der Waals surface area contributed by atoms with E-state index in [1.807, 2.05) is 19.1 Å². The van der Waals surface area contributed by atoms with Crippen LogP contribution < -0.4 is 9.47 Å². The van der Waals surface area contributed by atoms with E-state index >= 15 is 0 Å². The SMILES string of the molecule is COc1cc(OC)nc(C2=CC(=O)C(C)C=C2)n1. The standard InChI is InChI=1S/C13H14N2O3/c1-8-4-5-9(6-10(8)16)13-14-11(17-2)7-12(15-13)18-3/h4-8H,1-3H3. The third-order valence-electron chi connectivity index (χ3n) is 2.67. The number of hydrogen-bond acceptors (Lipinski definition) is 5. The molecule has 0 aromatic carbocycles. The van der Waals surface area contributed by atoms with Gasteiger partial charge in [0.1, 0.15) is 0 Å². The van der Waals surface area contributed by atoms with Crippen molar-refractivity contribution in [2.24, 2.45) is 5.92 Å². The maximum Gasteiger partial charge on any atom is 0.220 e. The van der Waals surface area contributed by atoms with Crippen molar-refractivity contribution in [3.05, 3.63) is 30.1 Å². The third kappa shape index (κ3) is 2.40. The number of nitrogens with zero attached hydrogens (tertiary/aromatic N) is 2. The van der Waals surface area contributed by atoms with Crippen molar-refractivity contribution in [3.63, 3.8) is 0 Å². The summed E-state index contributed by atoms with van der Waals surface area (Å²) in [6, 6.07) is 1.58. The molecule has 1 aromatic rings. The second-order valence-corrected chi connectivity index (χ2v) is 3.93. The summed E-state index contributed by atoms with van der Waals surface area (Å²) in [4.78, 5) is 20.0. The predicted octanol–water partition coefficient (Wildman–Crippen LogP) is 1.65. The highest BCUT2D eigenvalue weighted by atomic mass is 16.5. The Kier molecular flexibility index (Phi) is 3.41. The number of methoxy groups -OCH3 is 2. The Hall–Kier alpha value is -2.17. The number of aromatic nitrogens is 2. The van der Waals surface area contributed by atoms with Gasteiger partial charge in [-0.2, -0.15) is 9.97 Å². The van der Waals surface area contributed by atoms with E-state index in [1.54, 1.807) is 12.1 Å². The largest absolute Gasteiger partial charge is 0.481 e. The van der Waals surface area contributed by atoms with Crippen LogP contribution in [-0.2, 0) is 4.79 Å². The fourth-order valence-electron chi connectivity index (χ4n) is 1.56. The monoisotopic (exact) mass is 246 g/mol. The molecule has 1 heterocycles. The second-order valence-electron chi connectivity index (χ2n) is 3.93. The van der Waals surface area contributed by atoms with E-state index in [9.17, 15) is 4.79 Å². The molecule has 1 atom stereocenters. The Morgan fingerprint density at radius 2 is 1.78 bits per heavy atom. The Bertz CT molecular complexity index is 513. The molecule has 0 bridgehead atoms. The van der Waals surface area contributed by atoms with Crippen molar-refractivity contribution in [2.75, 3.05) is 14.2 Å². The first-order valence-corrected chi connectivity index (χ1v) is 5.55. The normalized spacial score (nSPS) is 18.5. The van der Waals surface area contributed by atoms with Gasteiger partial charge < -0.3 is 9.47 Å². The summed E-state index contributed by atoms with van der Waals surface area (Å²) in [7, 11) is 3.04. The van der Waals surface area contributed by atoms with E-state index in [2.05, 4.69) is 9.97 Å². The molecule has 94 valence electrons.